The molecule has 6 rings (SSSR count). The topological polar surface area (TPSA) is 136 Å². The summed E-state index contributed by atoms with van der Waals surface area (Å²) in [5.41, 5.74) is 2.49. The third kappa shape index (κ3) is 4.63. The highest BCUT2D eigenvalue weighted by molar-refractivity contribution is 9.10. The Kier molecular flexibility index (Phi) is 6.40. The highest BCUT2D eigenvalue weighted by Crippen LogP contribution is 2.50. The molecule has 0 aromatic carbocycles. The molecule has 1 saturated carbocycles. The van der Waals surface area contributed by atoms with Gasteiger partial charge in [0.15, 0.2) is 11.6 Å². The van der Waals surface area contributed by atoms with E-state index in [-0.39, 0.29) is 52.1 Å². The van der Waals surface area contributed by atoms with Gasteiger partial charge in [0.05, 0.1) is 17.4 Å². The third-order valence-corrected chi connectivity index (χ3v) is 7.99. The fourth-order valence-corrected chi connectivity index (χ4v) is 5.58. The molecule has 1 aliphatic heterocycles. The van der Waals surface area contributed by atoms with E-state index in [2.05, 4.69) is 46.3 Å². The van der Waals surface area contributed by atoms with Gasteiger partial charge in [0.25, 0.3) is 0 Å². The minimum absolute atomic E-state index is 0.00411. The highest BCUT2D eigenvalue weighted by Gasteiger charge is 2.56. The number of likely N-dealkylation sites (tertiary alicyclic amines) is 1. The molecule has 2 amide bonds. The Bertz CT molecular complexity index is 1710. The average molecular weight is 607 g/mol. The summed E-state index contributed by atoms with van der Waals surface area (Å²) in [5.74, 6) is -0.277. The lowest BCUT2D eigenvalue weighted by molar-refractivity contribution is -0.138. The average Bonchev–Trinajstić information content (AvgIpc) is 3.42. The van der Waals surface area contributed by atoms with Crippen molar-refractivity contribution >= 4 is 50.2 Å². The number of hydrogen-bond acceptors (Lipinski definition) is 8. The van der Waals surface area contributed by atoms with Gasteiger partial charge in [-0.1, -0.05) is 0 Å². The number of ketones is 1. The summed E-state index contributed by atoms with van der Waals surface area (Å²) in [4.78, 5) is 57.9. The van der Waals surface area contributed by atoms with Crippen LogP contribution in [0.15, 0.2) is 35.3 Å². The summed E-state index contributed by atoms with van der Waals surface area (Å²) in [7, 11) is 0. The number of nitrogens with zero attached hydrogens (tertiary/aromatic N) is 7. The Morgan fingerprint density at radius 1 is 1.12 bits per heavy atom. The molecule has 0 radical (unpaired) electrons. The fourth-order valence-electron chi connectivity index (χ4n) is 5.29. The van der Waals surface area contributed by atoms with Gasteiger partial charge in [-0.05, 0) is 65.7 Å². The number of amides is 2. The first-order valence-corrected chi connectivity index (χ1v) is 13.5. The minimum Gasteiger partial charge on any atom is -0.328 e. The molecule has 4 aromatic heterocycles. The molecule has 4 aromatic rings. The lowest BCUT2D eigenvalue weighted by Crippen LogP contribution is -2.47. The fraction of sp³-hybridized carbons (Fsp3) is 0.333. The van der Waals surface area contributed by atoms with Gasteiger partial charge in [0.2, 0.25) is 11.8 Å². The van der Waals surface area contributed by atoms with Crippen molar-refractivity contribution in [3.05, 3.63) is 58.2 Å². The van der Waals surface area contributed by atoms with Crippen molar-refractivity contribution in [3.63, 3.8) is 0 Å². The van der Waals surface area contributed by atoms with Gasteiger partial charge in [-0.2, -0.15) is 5.10 Å². The number of halogens is 2. The Morgan fingerprint density at radius 3 is 2.60 bits per heavy atom. The molecule has 1 N–H and O–H groups in total. The molecule has 204 valence electrons. The Morgan fingerprint density at radius 2 is 1.88 bits per heavy atom. The Labute approximate surface area is 236 Å². The summed E-state index contributed by atoms with van der Waals surface area (Å²) >= 11 is 3.05. The smallest absolute Gasteiger partial charge is 0.248 e. The SMILES string of the molecule is CC(=O)c1nn(CC(=O)N2C[C@H]3C[C@H]3[C@H]2C(=O)Nc2nc(Br)c(F)cc2C)c2cnc(-c3cnc(C)nc3)cc12. The lowest BCUT2D eigenvalue weighted by Gasteiger charge is -2.27. The van der Waals surface area contributed by atoms with Crippen LogP contribution in [-0.4, -0.2) is 64.8 Å². The van der Waals surface area contributed by atoms with Crippen molar-refractivity contribution in [1.82, 2.24) is 34.6 Å². The number of nitrogens with one attached hydrogen (secondary N) is 1. The van der Waals surface area contributed by atoms with Gasteiger partial charge >= 0.3 is 0 Å². The molecule has 13 heteroatoms. The van der Waals surface area contributed by atoms with Crippen molar-refractivity contribution in [2.75, 3.05) is 11.9 Å². The number of anilines is 1. The second-order valence-corrected chi connectivity index (χ2v) is 11.0. The molecule has 11 nitrogen and oxygen atoms in total. The van der Waals surface area contributed by atoms with E-state index in [9.17, 15) is 18.8 Å². The number of aromatic nitrogens is 6. The van der Waals surface area contributed by atoms with Crippen LogP contribution in [0.25, 0.3) is 22.2 Å². The molecule has 2 aliphatic rings. The molecule has 40 heavy (non-hydrogen) atoms. The second kappa shape index (κ2) is 9.81. The Balaban J connectivity index is 1.26. The van der Waals surface area contributed by atoms with Crippen molar-refractivity contribution in [1.29, 1.82) is 0 Å². The van der Waals surface area contributed by atoms with Gasteiger partial charge in [0.1, 0.15) is 34.5 Å². The van der Waals surface area contributed by atoms with Crippen LogP contribution in [0.3, 0.4) is 0 Å². The van der Waals surface area contributed by atoms with E-state index < -0.39 is 11.9 Å². The molecular weight excluding hydrogens is 583 g/mol. The largest absolute Gasteiger partial charge is 0.328 e. The van der Waals surface area contributed by atoms with E-state index in [0.29, 0.717) is 40.1 Å². The van der Waals surface area contributed by atoms with E-state index in [1.54, 1.807) is 43.4 Å². The summed E-state index contributed by atoms with van der Waals surface area (Å²) < 4.78 is 15.3. The number of aryl methyl sites for hydroxylation is 2. The predicted octanol–water partition coefficient (Wildman–Crippen LogP) is 3.49. The van der Waals surface area contributed by atoms with E-state index in [1.165, 1.54) is 17.7 Å². The zero-order chi connectivity index (χ0) is 28.3. The number of carbonyl (C=O) groups excluding carboxylic acids is 3. The van der Waals surface area contributed by atoms with E-state index in [0.717, 1.165) is 6.42 Å². The summed E-state index contributed by atoms with van der Waals surface area (Å²) in [6, 6.07) is 2.35. The second-order valence-electron chi connectivity index (χ2n) is 10.2. The summed E-state index contributed by atoms with van der Waals surface area (Å²) in [5, 5.41) is 7.78. The number of hydrogen-bond donors (Lipinski definition) is 1. The number of fused-ring (bicyclic) bond motifs is 2. The highest BCUT2D eigenvalue weighted by atomic mass is 79.9. The molecule has 3 atom stereocenters. The number of rotatable bonds is 6. The molecule has 0 spiro atoms. The normalized spacial score (nSPS) is 19.5. The molecule has 5 heterocycles. The molecule has 0 unspecified atom stereocenters. The number of pyridine rings is 2. The van der Waals surface area contributed by atoms with Crippen LogP contribution in [0.1, 0.15) is 35.2 Å². The zero-order valence-electron chi connectivity index (χ0n) is 21.9. The van der Waals surface area contributed by atoms with Crippen molar-refractivity contribution in [2.45, 2.75) is 39.8 Å². The van der Waals surface area contributed by atoms with Crippen LogP contribution >= 0.6 is 15.9 Å². The van der Waals surface area contributed by atoms with Gasteiger partial charge in [-0.25, -0.2) is 19.3 Å². The molecule has 1 aliphatic carbocycles. The third-order valence-electron chi connectivity index (χ3n) is 7.44. The zero-order valence-corrected chi connectivity index (χ0v) is 23.4. The number of carbonyl (C=O) groups is 3. The molecule has 0 bridgehead atoms. The summed E-state index contributed by atoms with van der Waals surface area (Å²) in [6.07, 6.45) is 5.74. The predicted molar refractivity (Wildman–Crippen MR) is 146 cm³/mol. The molecule has 1 saturated heterocycles. The molecular formula is C27H24BrFN8O3. The van der Waals surface area contributed by atoms with Crippen LogP contribution in [0.5, 0.6) is 0 Å². The van der Waals surface area contributed by atoms with Crippen LogP contribution in [-0.2, 0) is 16.1 Å². The van der Waals surface area contributed by atoms with Gasteiger partial charge in [-0.15, -0.1) is 0 Å². The van der Waals surface area contributed by atoms with Crippen LogP contribution in [0.2, 0.25) is 0 Å². The van der Waals surface area contributed by atoms with Crippen LogP contribution in [0, 0.1) is 31.5 Å². The maximum atomic E-state index is 13.8. The molecule has 2 fully saturated rings. The monoisotopic (exact) mass is 606 g/mol. The summed E-state index contributed by atoms with van der Waals surface area (Å²) in [6.45, 7) is 5.14. The quantitative estimate of drug-likeness (QED) is 0.260. The minimum atomic E-state index is -0.678. The number of Topliss-reactive ketones (excluding diaryl/α,β-unsaturated/α-hetero) is 1. The standard InChI is InChI=1S/C27H24BrFN8O3/c1-12-4-19(29)25(28)33-26(12)34-27(40)24-17-5-15(17)10-36(24)22(39)11-37-21-9-32-20(16-7-30-14(3)31-8-16)6-18(21)23(35-37)13(2)38/h4,6-9,15,17,24H,5,10-11H2,1-3H3,(H,33,34,40)/t15-,17-,24+/m1/s1. The van der Waals surface area contributed by atoms with E-state index in [1.807, 2.05) is 0 Å². The van der Waals surface area contributed by atoms with Gasteiger partial charge in [0, 0.05) is 36.8 Å². The van der Waals surface area contributed by atoms with Crippen molar-refractivity contribution in [2.24, 2.45) is 11.8 Å². The Hall–Kier alpha value is -4.13. The van der Waals surface area contributed by atoms with Crippen molar-refractivity contribution in [3.8, 4) is 11.3 Å². The van der Waals surface area contributed by atoms with Crippen LogP contribution in [0.4, 0.5) is 10.2 Å². The lowest BCUT2D eigenvalue weighted by atomic mass is 10.1. The van der Waals surface area contributed by atoms with E-state index >= 15 is 0 Å². The van der Waals surface area contributed by atoms with Gasteiger partial charge in [-0.3, -0.25) is 24.0 Å². The first kappa shape index (κ1) is 26.1. The van der Waals surface area contributed by atoms with Crippen LogP contribution < -0.4 is 5.32 Å². The van der Waals surface area contributed by atoms with Crippen molar-refractivity contribution < 1.29 is 18.8 Å². The maximum absolute atomic E-state index is 13.8. The first-order valence-electron chi connectivity index (χ1n) is 12.7. The maximum Gasteiger partial charge on any atom is 0.248 e. The first-order chi connectivity index (χ1) is 19.1. The van der Waals surface area contributed by atoms with Gasteiger partial charge < -0.3 is 10.2 Å². The number of piperidine rings is 1. The van der Waals surface area contributed by atoms with E-state index in [4.69, 9.17) is 0 Å².